The molecule has 0 saturated heterocycles. The molecule has 0 amide bonds. The summed E-state index contributed by atoms with van der Waals surface area (Å²) in [7, 11) is 0. The number of fused-ring (bicyclic) bond motifs is 1. The Labute approximate surface area is 142 Å². The van der Waals surface area contributed by atoms with Crippen LogP contribution in [0.15, 0.2) is 42.5 Å². The molecule has 24 heavy (non-hydrogen) atoms. The molecule has 0 bridgehead atoms. The second-order valence-electron chi connectivity index (χ2n) is 6.73. The number of anilines is 2. The number of nitrogen functional groups attached to an aromatic ring is 2. The van der Waals surface area contributed by atoms with Gasteiger partial charge in [-0.25, -0.2) is 0 Å². The van der Waals surface area contributed by atoms with Crippen molar-refractivity contribution in [3.63, 3.8) is 0 Å². The molecule has 0 aliphatic carbocycles. The lowest BCUT2D eigenvalue weighted by molar-refractivity contribution is -0.112. The molecule has 0 saturated carbocycles. The number of nitrogens with one attached hydrogen (secondary N) is 1. The van der Waals surface area contributed by atoms with E-state index in [1.54, 1.807) is 6.07 Å². The van der Waals surface area contributed by atoms with Gasteiger partial charge in [0.1, 0.15) is 17.5 Å². The predicted octanol–water partition coefficient (Wildman–Crippen LogP) is 3.74. The van der Waals surface area contributed by atoms with Gasteiger partial charge in [0.15, 0.2) is 0 Å². The van der Waals surface area contributed by atoms with E-state index in [1.165, 1.54) is 0 Å². The van der Waals surface area contributed by atoms with Crippen LogP contribution in [0.5, 0.6) is 5.75 Å². The molecule has 0 radical (unpaired) electrons. The van der Waals surface area contributed by atoms with Crippen molar-refractivity contribution in [2.45, 2.75) is 38.1 Å². The van der Waals surface area contributed by atoms with Gasteiger partial charge in [-0.3, -0.25) is 0 Å². The first-order chi connectivity index (χ1) is 11.4. The molecular weight excluding hydrogens is 302 g/mol. The number of hydrogen-bond acceptors (Lipinski definition) is 4. The molecular formula is C19H24N3O2-. The highest BCUT2D eigenvalue weighted by Crippen LogP contribution is 2.39. The van der Waals surface area contributed by atoms with Gasteiger partial charge in [0.25, 0.3) is 0 Å². The SMILES string of the molecule is CC1(C)Oc2cc(N)c(N)cc2C[C@H]1OC(C[NH-])c1ccccc1. The second kappa shape index (κ2) is 6.34. The van der Waals surface area contributed by atoms with Crippen LogP contribution in [0, 0.1) is 0 Å². The summed E-state index contributed by atoms with van der Waals surface area (Å²) >= 11 is 0. The van der Waals surface area contributed by atoms with Gasteiger partial charge in [-0.1, -0.05) is 30.3 Å². The van der Waals surface area contributed by atoms with Gasteiger partial charge >= 0.3 is 0 Å². The van der Waals surface area contributed by atoms with E-state index in [0.29, 0.717) is 17.8 Å². The fraction of sp³-hybridized carbons (Fsp3) is 0.368. The molecule has 5 N–H and O–H groups in total. The average Bonchev–Trinajstić information content (AvgIpc) is 2.55. The molecule has 2 aromatic carbocycles. The molecule has 3 rings (SSSR count). The van der Waals surface area contributed by atoms with Gasteiger partial charge in [-0.15, -0.1) is 6.54 Å². The van der Waals surface area contributed by atoms with E-state index in [2.05, 4.69) is 0 Å². The van der Waals surface area contributed by atoms with E-state index in [0.717, 1.165) is 16.9 Å². The quantitative estimate of drug-likeness (QED) is 0.837. The molecule has 2 aromatic rings. The number of ether oxygens (including phenoxy) is 2. The van der Waals surface area contributed by atoms with Crippen LogP contribution in [-0.2, 0) is 11.2 Å². The Kier molecular flexibility index (Phi) is 4.39. The standard InChI is InChI=1S/C19H24N3O2/c1-19(2)18(23-17(11-20)12-6-4-3-5-7-12)9-13-8-14(21)15(22)10-16(13)24-19/h3-8,10,17-18,20H,9,11,21-22H2,1-2H3/q-1/t17?,18-/m1/s1. The number of nitrogens with two attached hydrogens (primary N) is 2. The number of hydrogen-bond donors (Lipinski definition) is 2. The van der Waals surface area contributed by atoms with Crippen LogP contribution in [-0.4, -0.2) is 18.2 Å². The van der Waals surface area contributed by atoms with Crippen molar-refractivity contribution in [3.05, 3.63) is 59.3 Å². The topological polar surface area (TPSA) is 94.3 Å². The summed E-state index contributed by atoms with van der Waals surface area (Å²) in [5, 5.41) is 0. The third-order valence-electron chi connectivity index (χ3n) is 4.51. The van der Waals surface area contributed by atoms with Crippen molar-refractivity contribution in [3.8, 4) is 5.75 Å². The Morgan fingerprint density at radius 2 is 1.88 bits per heavy atom. The lowest BCUT2D eigenvalue weighted by Gasteiger charge is -2.42. The van der Waals surface area contributed by atoms with Crippen molar-refractivity contribution in [1.29, 1.82) is 0 Å². The van der Waals surface area contributed by atoms with E-state index in [4.69, 9.17) is 26.7 Å². The highest BCUT2D eigenvalue weighted by Gasteiger charge is 2.39. The molecule has 2 atom stereocenters. The van der Waals surface area contributed by atoms with Crippen LogP contribution in [0.1, 0.15) is 31.1 Å². The van der Waals surface area contributed by atoms with Crippen LogP contribution < -0.4 is 16.2 Å². The number of benzene rings is 2. The van der Waals surface area contributed by atoms with E-state index < -0.39 is 5.60 Å². The molecule has 0 aromatic heterocycles. The van der Waals surface area contributed by atoms with Crippen molar-refractivity contribution >= 4 is 11.4 Å². The lowest BCUT2D eigenvalue weighted by atomic mass is 9.90. The van der Waals surface area contributed by atoms with Crippen molar-refractivity contribution in [2.75, 3.05) is 18.0 Å². The van der Waals surface area contributed by atoms with Crippen LogP contribution in [0.25, 0.3) is 5.73 Å². The summed E-state index contributed by atoms with van der Waals surface area (Å²) in [6, 6.07) is 13.5. The maximum atomic E-state index is 7.85. The van der Waals surface area contributed by atoms with Crippen molar-refractivity contribution in [1.82, 2.24) is 0 Å². The van der Waals surface area contributed by atoms with Crippen molar-refractivity contribution in [2.24, 2.45) is 0 Å². The van der Waals surface area contributed by atoms with Crippen LogP contribution in [0.2, 0.25) is 0 Å². The number of rotatable bonds is 4. The van der Waals surface area contributed by atoms with Gasteiger partial charge in [0.2, 0.25) is 0 Å². The van der Waals surface area contributed by atoms with Gasteiger partial charge in [0.05, 0.1) is 17.5 Å². The normalized spacial score (nSPS) is 20.0. The maximum Gasteiger partial charge on any atom is 0.130 e. The first-order valence-corrected chi connectivity index (χ1v) is 8.12. The Bertz CT molecular complexity index is 716. The summed E-state index contributed by atoms with van der Waals surface area (Å²) in [6.45, 7) is 4.16. The molecule has 5 heteroatoms. The zero-order valence-corrected chi connectivity index (χ0v) is 14.1. The van der Waals surface area contributed by atoms with E-state index >= 15 is 0 Å². The first-order valence-electron chi connectivity index (χ1n) is 8.12. The molecule has 0 spiro atoms. The molecule has 1 unspecified atom stereocenters. The molecule has 1 aliphatic rings. The maximum absolute atomic E-state index is 7.85. The third-order valence-corrected chi connectivity index (χ3v) is 4.51. The lowest BCUT2D eigenvalue weighted by Crippen LogP contribution is -2.48. The summed E-state index contributed by atoms with van der Waals surface area (Å²) in [5.41, 5.74) is 22.2. The minimum absolute atomic E-state index is 0.160. The molecule has 1 aliphatic heterocycles. The largest absolute Gasteiger partial charge is 0.675 e. The molecule has 128 valence electrons. The minimum atomic E-state index is -0.516. The van der Waals surface area contributed by atoms with Gasteiger partial charge < -0.3 is 26.7 Å². The minimum Gasteiger partial charge on any atom is -0.675 e. The molecule has 0 fully saturated rings. The van der Waals surface area contributed by atoms with E-state index in [1.807, 2.05) is 50.2 Å². The average molecular weight is 326 g/mol. The van der Waals surface area contributed by atoms with Gasteiger partial charge in [0, 0.05) is 12.5 Å². The molecule has 1 heterocycles. The molecule has 5 nitrogen and oxygen atoms in total. The summed E-state index contributed by atoms with van der Waals surface area (Å²) in [4.78, 5) is 0. The Balaban J connectivity index is 1.86. The zero-order valence-electron chi connectivity index (χ0n) is 14.1. The summed E-state index contributed by atoms with van der Waals surface area (Å²) in [5.74, 6) is 0.758. The Morgan fingerprint density at radius 3 is 2.54 bits per heavy atom. The van der Waals surface area contributed by atoms with Crippen molar-refractivity contribution < 1.29 is 9.47 Å². The van der Waals surface area contributed by atoms with Crippen LogP contribution >= 0.6 is 0 Å². The van der Waals surface area contributed by atoms with Gasteiger partial charge in [-0.2, -0.15) is 0 Å². The third kappa shape index (κ3) is 3.18. The predicted molar refractivity (Wildman–Crippen MR) is 96.9 cm³/mol. The Morgan fingerprint density at radius 1 is 1.21 bits per heavy atom. The van der Waals surface area contributed by atoms with E-state index in [-0.39, 0.29) is 18.8 Å². The fourth-order valence-electron chi connectivity index (χ4n) is 3.03. The van der Waals surface area contributed by atoms with Crippen LogP contribution in [0.4, 0.5) is 11.4 Å². The smallest absolute Gasteiger partial charge is 0.130 e. The van der Waals surface area contributed by atoms with Crippen LogP contribution in [0.3, 0.4) is 0 Å². The zero-order chi connectivity index (χ0) is 17.3. The van der Waals surface area contributed by atoms with Gasteiger partial charge in [-0.05, 0) is 31.0 Å². The fourth-order valence-corrected chi connectivity index (χ4v) is 3.03. The van der Waals surface area contributed by atoms with E-state index in [9.17, 15) is 0 Å². The Hall–Kier alpha value is -2.24. The highest BCUT2D eigenvalue weighted by molar-refractivity contribution is 5.68. The monoisotopic (exact) mass is 326 g/mol. The summed E-state index contributed by atoms with van der Waals surface area (Å²) < 4.78 is 12.4. The summed E-state index contributed by atoms with van der Waals surface area (Å²) in [6.07, 6.45) is 0.214. The second-order valence-corrected chi connectivity index (χ2v) is 6.73. The first kappa shape index (κ1) is 16.6. The highest BCUT2D eigenvalue weighted by atomic mass is 16.6.